The molecule has 19 heavy (non-hydrogen) atoms. The first-order valence-electron chi connectivity index (χ1n) is 6.54. The van der Waals surface area contributed by atoms with Crippen LogP contribution >= 0.6 is 0 Å². The van der Waals surface area contributed by atoms with Gasteiger partial charge in [-0.1, -0.05) is 19.1 Å². The van der Waals surface area contributed by atoms with Crippen molar-refractivity contribution in [2.45, 2.75) is 26.8 Å². The van der Waals surface area contributed by atoms with E-state index in [2.05, 4.69) is 22.2 Å². The molecule has 0 aliphatic rings. The number of hydrogen-bond acceptors (Lipinski definition) is 4. The van der Waals surface area contributed by atoms with E-state index in [0.717, 1.165) is 30.0 Å². The molecule has 1 aromatic carbocycles. The molecule has 1 N–H and O–H groups in total. The average molecular weight is 257 g/mol. The van der Waals surface area contributed by atoms with Crippen molar-refractivity contribution in [2.75, 3.05) is 6.54 Å². The van der Waals surface area contributed by atoms with Crippen molar-refractivity contribution < 1.29 is 4.74 Å². The number of rotatable bonds is 6. The maximum Gasteiger partial charge on any atom is 0.238 e. The molecule has 1 aromatic heterocycles. The van der Waals surface area contributed by atoms with E-state index >= 15 is 0 Å². The molecule has 0 atom stereocenters. The minimum absolute atomic E-state index is 0.529. The number of benzene rings is 1. The van der Waals surface area contributed by atoms with E-state index in [1.54, 1.807) is 12.4 Å². The fourth-order valence-corrected chi connectivity index (χ4v) is 1.71. The van der Waals surface area contributed by atoms with Crippen LogP contribution in [0.3, 0.4) is 0 Å². The first-order valence-corrected chi connectivity index (χ1v) is 6.54. The summed E-state index contributed by atoms with van der Waals surface area (Å²) in [6.07, 6.45) is 4.49. The second-order valence-electron chi connectivity index (χ2n) is 4.44. The molecule has 1 heterocycles. The third-order valence-electron chi connectivity index (χ3n) is 2.61. The summed E-state index contributed by atoms with van der Waals surface area (Å²) in [7, 11) is 0. The van der Waals surface area contributed by atoms with Crippen molar-refractivity contribution >= 4 is 0 Å². The fraction of sp³-hybridized carbons (Fsp3) is 0.333. The highest BCUT2D eigenvalue weighted by Gasteiger charge is 2.01. The molecule has 0 unspecified atom stereocenters. The zero-order valence-corrected chi connectivity index (χ0v) is 11.4. The fourth-order valence-electron chi connectivity index (χ4n) is 1.71. The van der Waals surface area contributed by atoms with Crippen molar-refractivity contribution in [1.82, 2.24) is 15.3 Å². The van der Waals surface area contributed by atoms with Crippen molar-refractivity contribution in [3.63, 3.8) is 0 Å². The number of nitrogens with zero attached hydrogens (tertiary/aromatic N) is 2. The van der Waals surface area contributed by atoms with Crippen LogP contribution in [0.25, 0.3) is 0 Å². The predicted octanol–water partition coefficient (Wildman–Crippen LogP) is 3.08. The van der Waals surface area contributed by atoms with Crippen molar-refractivity contribution in [2.24, 2.45) is 0 Å². The zero-order chi connectivity index (χ0) is 13.5. The number of aromatic nitrogens is 2. The first kappa shape index (κ1) is 13.5. The van der Waals surface area contributed by atoms with Gasteiger partial charge >= 0.3 is 0 Å². The standard InChI is InChI=1S/C15H19N3O/c1-3-7-16-9-13-10-17-11-15(18-13)19-14-6-4-5-12(2)8-14/h4-6,8,10-11,16H,3,7,9H2,1-2H3. The topological polar surface area (TPSA) is 47.0 Å². The average Bonchev–Trinajstić information content (AvgIpc) is 2.39. The summed E-state index contributed by atoms with van der Waals surface area (Å²) in [5, 5.41) is 3.29. The molecule has 2 rings (SSSR count). The summed E-state index contributed by atoms with van der Waals surface area (Å²) in [5.41, 5.74) is 2.05. The number of aryl methyl sites for hydroxylation is 1. The van der Waals surface area contributed by atoms with E-state index in [0.29, 0.717) is 12.4 Å². The summed E-state index contributed by atoms with van der Waals surface area (Å²) in [6, 6.07) is 7.88. The van der Waals surface area contributed by atoms with Crippen LogP contribution in [0, 0.1) is 6.92 Å². The molecule has 0 bridgehead atoms. The van der Waals surface area contributed by atoms with Gasteiger partial charge in [-0.2, -0.15) is 0 Å². The van der Waals surface area contributed by atoms with Crippen LogP contribution in [0.5, 0.6) is 11.6 Å². The highest BCUT2D eigenvalue weighted by molar-refractivity contribution is 5.30. The summed E-state index contributed by atoms with van der Waals surface area (Å²) in [4.78, 5) is 8.58. The maximum atomic E-state index is 5.70. The van der Waals surface area contributed by atoms with Crippen LogP contribution in [0.4, 0.5) is 0 Å². The number of nitrogens with one attached hydrogen (secondary N) is 1. The number of hydrogen-bond donors (Lipinski definition) is 1. The Balaban J connectivity index is 2.02. The number of ether oxygens (including phenoxy) is 1. The summed E-state index contributed by atoms with van der Waals surface area (Å²) in [6.45, 7) is 5.86. The van der Waals surface area contributed by atoms with Gasteiger partial charge < -0.3 is 10.1 Å². The quantitative estimate of drug-likeness (QED) is 0.808. The summed E-state index contributed by atoms with van der Waals surface area (Å²) in [5.74, 6) is 1.31. The van der Waals surface area contributed by atoms with E-state index in [-0.39, 0.29) is 0 Å². The molecule has 100 valence electrons. The van der Waals surface area contributed by atoms with Gasteiger partial charge in [-0.15, -0.1) is 0 Å². The van der Waals surface area contributed by atoms with Gasteiger partial charge in [0.15, 0.2) is 0 Å². The lowest BCUT2D eigenvalue weighted by molar-refractivity contribution is 0.456. The maximum absolute atomic E-state index is 5.70. The monoisotopic (exact) mass is 257 g/mol. The normalized spacial score (nSPS) is 10.4. The van der Waals surface area contributed by atoms with Gasteiger partial charge in [-0.25, -0.2) is 4.98 Å². The molecule has 0 amide bonds. The van der Waals surface area contributed by atoms with Gasteiger partial charge in [0.2, 0.25) is 5.88 Å². The minimum Gasteiger partial charge on any atom is -0.437 e. The molecule has 4 heteroatoms. The minimum atomic E-state index is 0.529. The predicted molar refractivity (Wildman–Crippen MR) is 75.3 cm³/mol. The van der Waals surface area contributed by atoms with Crippen LogP contribution in [0.1, 0.15) is 24.6 Å². The lowest BCUT2D eigenvalue weighted by Crippen LogP contribution is -2.15. The van der Waals surface area contributed by atoms with E-state index in [1.165, 1.54) is 0 Å². The molecule has 0 saturated heterocycles. The Hall–Kier alpha value is -1.94. The van der Waals surface area contributed by atoms with Gasteiger partial charge in [0, 0.05) is 12.7 Å². The molecule has 0 fully saturated rings. The third kappa shape index (κ3) is 4.34. The molecule has 0 spiro atoms. The van der Waals surface area contributed by atoms with Crippen molar-refractivity contribution in [1.29, 1.82) is 0 Å². The summed E-state index contributed by atoms with van der Waals surface area (Å²) < 4.78 is 5.70. The molecule has 0 aliphatic carbocycles. The van der Waals surface area contributed by atoms with Crippen LogP contribution in [-0.4, -0.2) is 16.5 Å². The molecule has 0 radical (unpaired) electrons. The first-order chi connectivity index (χ1) is 9.28. The Morgan fingerprint density at radius 1 is 1.26 bits per heavy atom. The molecule has 0 aliphatic heterocycles. The van der Waals surface area contributed by atoms with Gasteiger partial charge in [0.25, 0.3) is 0 Å². The van der Waals surface area contributed by atoms with E-state index in [9.17, 15) is 0 Å². The zero-order valence-electron chi connectivity index (χ0n) is 11.4. The Bertz CT molecular complexity index is 528. The second kappa shape index (κ2) is 6.85. The van der Waals surface area contributed by atoms with Gasteiger partial charge in [-0.3, -0.25) is 4.98 Å². The van der Waals surface area contributed by atoms with E-state index in [4.69, 9.17) is 4.74 Å². The van der Waals surface area contributed by atoms with Gasteiger partial charge in [0.1, 0.15) is 5.75 Å². The highest BCUT2D eigenvalue weighted by Crippen LogP contribution is 2.19. The second-order valence-corrected chi connectivity index (χ2v) is 4.44. The Morgan fingerprint density at radius 2 is 2.16 bits per heavy atom. The SMILES string of the molecule is CCCNCc1cncc(Oc2cccc(C)c2)n1. The van der Waals surface area contributed by atoms with Crippen LogP contribution < -0.4 is 10.1 Å². The third-order valence-corrected chi connectivity index (χ3v) is 2.61. The molecular formula is C15H19N3O. The molecular weight excluding hydrogens is 238 g/mol. The summed E-state index contributed by atoms with van der Waals surface area (Å²) >= 11 is 0. The van der Waals surface area contributed by atoms with Crippen molar-refractivity contribution in [3.8, 4) is 11.6 Å². The van der Waals surface area contributed by atoms with Crippen LogP contribution in [0.15, 0.2) is 36.7 Å². The van der Waals surface area contributed by atoms with Gasteiger partial charge in [-0.05, 0) is 37.6 Å². The van der Waals surface area contributed by atoms with Gasteiger partial charge in [0.05, 0.1) is 11.9 Å². The Kier molecular flexibility index (Phi) is 4.86. The Labute approximate surface area is 113 Å². The highest BCUT2D eigenvalue weighted by atomic mass is 16.5. The van der Waals surface area contributed by atoms with E-state index in [1.807, 2.05) is 31.2 Å². The van der Waals surface area contributed by atoms with Crippen LogP contribution in [0.2, 0.25) is 0 Å². The molecule has 0 saturated carbocycles. The molecule has 2 aromatic rings. The van der Waals surface area contributed by atoms with Crippen LogP contribution in [-0.2, 0) is 6.54 Å². The lowest BCUT2D eigenvalue weighted by Gasteiger charge is -2.07. The smallest absolute Gasteiger partial charge is 0.238 e. The van der Waals surface area contributed by atoms with Crippen molar-refractivity contribution in [3.05, 3.63) is 47.9 Å². The lowest BCUT2D eigenvalue weighted by atomic mass is 10.2. The Morgan fingerprint density at radius 3 is 2.95 bits per heavy atom. The van der Waals surface area contributed by atoms with E-state index < -0.39 is 0 Å². The molecule has 4 nitrogen and oxygen atoms in total. The largest absolute Gasteiger partial charge is 0.437 e.